The lowest BCUT2D eigenvalue weighted by Crippen LogP contribution is -2.13. The summed E-state index contributed by atoms with van der Waals surface area (Å²) in [5.41, 5.74) is 3.05. The van der Waals surface area contributed by atoms with Crippen molar-refractivity contribution in [3.05, 3.63) is 34.9 Å². The zero-order valence-corrected chi connectivity index (χ0v) is 9.32. The van der Waals surface area contributed by atoms with Crippen molar-refractivity contribution in [2.45, 2.75) is 25.7 Å². The number of benzene rings is 1. The van der Waals surface area contributed by atoms with Gasteiger partial charge in [0.2, 0.25) is 0 Å². The fraction of sp³-hybridized carbons (Fsp3) is 0.286. The van der Waals surface area contributed by atoms with Crippen LogP contribution in [-0.2, 0) is 22.4 Å². The number of carboxylic acid groups (broad SMARTS) is 1. The second-order valence-electron chi connectivity index (χ2n) is 4.07. The molecule has 0 aliphatic heterocycles. The van der Waals surface area contributed by atoms with Crippen molar-refractivity contribution in [1.82, 2.24) is 0 Å². The molecule has 0 fully saturated rings. The molecule has 1 aliphatic rings. The molecule has 0 atom stereocenters. The lowest BCUT2D eigenvalue weighted by Gasteiger charge is -2.14. The maximum absolute atomic E-state index is 11.3. The molecule has 0 spiro atoms. The first-order valence-corrected chi connectivity index (χ1v) is 5.49. The van der Waals surface area contributed by atoms with Crippen molar-refractivity contribution in [2.24, 2.45) is 0 Å². The normalized spacial score (nSPS) is 13.5. The molecule has 3 heteroatoms. The van der Waals surface area contributed by atoms with Crippen LogP contribution in [0.5, 0.6) is 0 Å². The molecule has 0 radical (unpaired) electrons. The first-order valence-electron chi connectivity index (χ1n) is 5.49. The highest BCUT2D eigenvalue weighted by molar-refractivity contribution is 5.83. The van der Waals surface area contributed by atoms with Crippen LogP contribution in [0, 0.1) is 11.8 Å². The van der Waals surface area contributed by atoms with Crippen LogP contribution in [0.1, 0.15) is 29.5 Å². The Morgan fingerprint density at radius 1 is 1.29 bits per heavy atom. The van der Waals surface area contributed by atoms with E-state index >= 15 is 0 Å². The Balaban J connectivity index is 2.18. The van der Waals surface area contributed by atoms with E-state index in [1.54, 1.807) is 0 Å². The quantitative estimate of drug-likeness (QED) is 0.742. The molecule has 0 unspecified atom stereocenters. The molecule has 2 rings (SSSR count). The smallest absolute Gasteiger partial charge is 0.315 e. The van der Waals surface area contributed by atoms with Gasteiger partial charge in [0.25, 0.3) is 0 Å². The number of hydrogen-bond acceptors (Lipinski definition) is 2. The Hall–Kier alpha value is -2.08. The molecule has 0 heterocycles. The Kier molecular flexibility index (Phi) is 3.24. The Labute approximate surface area is 99.5 Å². The van der Waals surface area contributed by atoms with Crippen LogP contribution >= 0.6 is 0 Å². The maximum Gasteiger partial charge on any atom is 0.315 e. The average Bonchev–Trinajstić information content (AvgIpc) is 2.29. The first-order chi connectivity index (χ1) is 8.15. The Morgan fingerprint density at radius 3 is 2.88 bits per heavy atom. The van der Waals surface area contributed by atoms with E-state index in [2.05, 4.69) is 11.8 Å². The fourth-order valence-corrected chi connectivity index (χ4v) is 1.91. The highest BCUT2D eigenvalue weighted by Gasteiger charge is 2.14. The number of carbonyl (C=O) groups is 2. The van der Waals surface area contributed by atoms with E-state index < -0.39 is 5.97 Å². The molecule has 0 aromatic heterocycles. The van der Waals surface area contributed by atoms with Crippen LogP contribution in [0.2, 0.25) is 0 Å². The summed E-state index contributed by atoms with van der Waals surface area (Å²) < 4.78 is 0. The third kappa shape index (κ3) is 2.94. The van der Waals surface area contributed by atoms with Gasteiger partial charge in [-0.25, -0.2) is 0 Å². The number of carbonyl (C=O) groups excluding carboxylic acids is 1. The van der Waals surface area contributed by atoms with Gasteiger partial charge in [-0.15, -0.1) is 0 Å². The molecule has 0 bridgehead atoms. The number of hydrogen-bond donors (Lipinski definition) is 1. The molecule has 1 aromatic rings. The zero-order chi connectivity index (χ0) is 12.3. The SMILES string of the molecule is O=C(O)CC#Cc1ccc2c(c1)CCC(=O)C2. The summed E-state index contributed by atoms with van der Waals surface area (Å²) in [6.45, 7) is 0. The van der Waals surface area contributed by atoms with Crippen molar-refractivity contribution < 1.29 is 14.7 Å². The summed E-state index contributed by atoms with van der Waals surface area (Å²) in [5.74, 6) is 4.79. The first kappa shape index (κ1) is 11.4. The zero-order valence-electron chi connectivity index (χ0n) is 9.32. The number of rotatable bonds is 1. The molecule has 0 saturated heterocycles. The number of aryl methyl sites for hydroxylation is 1. The molecule has 0 saturated carbocycles. The largest absolute Gasteiger partial charge is 0.481 e. The molecule has 1 N–H and O–H groups in total. The van der Waals surface area contributed by atoms with Crippen molar-refractivity contribution in [3.8, 4) is 11.8 Å². The number of aliphatic carboxylic acids is 1. The number of fused-ring (bicyclic) bond motifs is 1. The molecule has 86 valence electrons. The van der Waals surface area contributed by atoms with Gasteiger partial charge < -0.3 is 5.11 Å². The van der Waals surface area contributed by atoms with E-state index in [9.17, 15) is 9.59 Å². The molecular weight excluding hydrogens is 216 g/mol. The molecule has 1 aromatic carbocycles. The van der Waals surface area contributed by atoms with Crippen LogP contribution in [0.4, 0.5) is 0 Å². The van der Waals surface area contributed by atoms with Crippen molar-refractivity contribution >= 4 is 11.8 Å². The molecule has 3 nitrogen and oxygen atoms in total. The van der Waals surface area contributed by atoms with Gasteiger partial charge in [-0.1, -0.05) is 17.9 Å². The highest BCUT2D eigenvalue weighted by atomic mass is 16.4. The molecule has 17 heavy (non-hydrogen) atoms. The number of Topliss-reactive ketones (excluding diaryl/α,β-unsaturated/α-hetero) is 1. The minimum Gasteiger partial charge on any atom is -0.481 e. The summed E-state index contributed by atoms with van der Waals surface area (Å²) in [7, 11) is 0. The van der Waals surface area contributed by atoms with Crippen molar-refractivity contribution in [2.75, 3.05) is 0 Å². The number of ketones is 1. The van der Waals surface area contributed by atoms with E-state index in [0.717, 1.165) is 23.1 Å². The van der Waals surface area contributed by atoms with Gasteiger partial charge in [-0.2, -0.15) is 0 Å². The van der Waals surface area contributed by atoms with E-state index in [4.69, 9.17) is 5.11 Å². The molecular formula is C14H12O3. The van der Waals surface area contributed by atoms with Crippen molar-refractivity contribution in [3.63, 3.8) is 0 Å². The topological polar surface area (TPSA) is 54.4 Å². The molecule has 1 aliphatic carbocycles. The van der Waals surface area contributed by atoms with E-state index in [1.165, 1.54) is 0 Å². The molecule has 0 amide bonds. The third-order valence-electron chi connectivity index (χ3n) is 2.74. The van der Waals surface area contributed by atoms with E-state index in [0.29, 0.717) is 12.8 Å². The summed E-state index contributed by atoms with van der Waals surface area (Å²) in [6.07, 6.45) is 1.73. The van der Waals surface area contributed by atoms with Crippen LogP contribution in [0.15, 0.2) is 18.2 Å². The van der Waals surface area contributed by atoms with Crippen molar-refractivity contribution in [1.29, 1.82) is 0 Å². The van der Waals surface area contributed by atoms with Gasteiger partial charge in [0.15, 0.2) is 0 Å². The summed E-state index contributed by atoms with van der Waals surface area (Å²) in [6, 6.07) is 5.71. The predicted octanol–water partition coefficient (Wildman–Crippen LogP) is 1.57. The summed E-state index contributed by atoms with van der Waals surface area (Å²) in [5, 5.41) is 8.47. The summed E-state index contributed by atoms with van der Waals surface area (Å²) >= 11 is 0. The Bertz CT molecular complexity index is 532. The minimum atomic E-state index is -0.916. The third-order valence-corrected chi connectivity index (χ3v) is 2.74. The lowest BCUT2D eigenvalue weighted by molar-refractivity contribution is -0.135. The standard InChI is InChI=1S/C14H12O3/c15-13-7-6-11-8-10(2-1-3-14(16)17)4-5-12(11)9-13/h4-5,8H,3,6-7,9H2,(H,16,17). The maximum atomic E-state index is 11.3. The van der Waals surface area contributed by atoms with Gasteiger partial charge in [-0.05, 0) is 29.7 Å². The van der Waals surface area contributed by atoms with Crippen LogP contribution in [0.3, 0.4) is 0 Å². The van der Waals surface area contributed by atoms with E-state index in [-0.39, 0.29) is 12.2 Å². The fourth-order valence-electron chi connectivity index (χ4n) is 1.91. The Morgan fingerprint density at radius 2 is 2.12 bits per heavy atom. The van der Waals surface area contributed by atoms with Gasteiger partial charge in [0.05, 0.1) is 0 Å². The minimum absolute atomic E-state index is 0.143. The number of carboxylic acids is 1. The second kappa shape index (κ2) is 4.84. The highest BCUT2D eigenvalue weighted by Crippen LogP contribution is 2.20. The predicted molar refractivity (Wildman–Crippen MR) is 62.6 cm³/mol. The van der Waals surface area contributed by atoms with Gasteiger partial charge in [-0.3, -0.25) is 9.59 Å². The lowest BCUT2D eigenvalue weighted by atomic mass is 9.90. The van der Waals surface area contributed by atoms with Crippen LogP contribution in [0.25, 0.3) is 0 Å². The van der Waals surface area contributed by atoms with Gasteiger partial charge >= 0.3 is 5.97 Å². The van der Waals surface area contributed by atoms with Gasteiger partial charge in [0.1, 0.15) is 12.2 Å². The van der Waals surface area contributed by atoms with Crippen LogP contribution < -0.4 is 0 Å². The average molecular weight is 228 g/mol. The van der Waals surface area contributed by atoms with Crippen LogP contribution in [-0.4, -0.2) is 16.9 Å². The van der Waals surface area contributed by atoms with E-state index in [1.807, 2.05) is 18.2 Å². The summed E-state index contributed by atoms with van der Waals surface area (Å²) in [4.78, 5) is 21.6. The monoisotopic (exact) mass is 228 g/mol. The second-order valence-corrected chi connectivity index (χ2v) is 4.07. The van der Waals surface area contributed by atoms with Gasteiger partial charge in [0, 0.05) is 18.4 Å².